The SMILES string of the molecule is NCCN(CCN)CCNCc1ccc(OCc2ccccc2)c(OCc2ccccc2)c1. The van der Waals surface area contributed by atoms with Crippen molar-refractivity contribution in [2.45, 2.75) is 19.8 Å². The molecule has 0 aliphatic rings. The second-order valence-corrected chi connectivity index (χ2v) is 7.93. The Labute approximate surface area is 197 Å². The normalized spacial score (nSPS) is 11.0. The van der Waals surface area contributed by atoms with Crippen molar-refractivity contribution in [3.05, 3.63) is 95.6 Å². The molecule has 0 saturated carbocycles. The van der Waals surface area contributed by atoms with Crippen LogP contribution in [0.3, 0.4) is 0 Å². The molecule has 0 aliphatic heterocycles. The van der Waals surface area contributed by atoms with Crippen LogP contribution in [0.1, 0.15) is 16.7 Å². The lowest BCUT2D eigenvalue weighted by Gasteiger charge is -2.21. The highest BCUT2D eigenvalue weighted by Crippen LogP contribution is 2.30. The van der Waals surface area contributed by atoms with Crippen LogP contribution in [0, 0.1) is 0 Å². The van der Waals surface area contributed by atoms with Gasteiger partial charge in [-0.25, -0.2) is 0 Å². The summed E-state index contributed by atoms with van der Waals surface area (Å²) in [4.78, 5) is 2.28. The van der Waals surface area contributed by atoms with Crippen LogP contribution in [-0.2, 0) is 19.8 Å². The third kappa shape index (κ3) is 8.86. The Bertz CT molecular complexity index is 916. The van der Waals surface area contributed by atoms with Crippen molar-refractivity contribution in [1.29, 1.82) is 0 Å². The quantitative estimate of drug-likeness (QED) is 0.310. The van der Waals surface area contributed by atoms with E-state index in [0.717, 1.165) is 60.9 Å². The van der Waals surface area contributed by atoms with Crippen LogP contribution in [0.4, 0.5) is 0 Å². The summed E-state index contributed by atoms with van der Waals surface area (Å²) >= 11 is 0. The van der Waals surface area contributed by atoms with Crippen molar-refractivity contribution in [1.82, 2.24) is 10.2 Å². The predicted octanol–water partition coefficient (Wildman–Crippen LogP) is 3.15. The van der Waals surface area contributed by atoms with Crippen LogP contribution in [0.5, 0.6) is 11.5 Å². The Hall–Kier alpha value is -2.90. The number of benzene rings is 3. The van der Waals surface area contributed by atoms with Gasteiger partial charge in [-0.1, -0.05) is 66.7 Å². The lowest BCUT2D eigenvalue weighted by Crippen LogP contribution is -2.38. The molecule has 3 aromatic rings. The summed E-state index contributed by atoms with van der Waals surface area (Å²) in [5, 5.41) is 3.51. The number of nitrogens with one attached hydrogen (secondary N) is 1. The first-order valence-electron chi connectivity index (χ1n) is 11.6. The van der Waals surface area contributed by atoms with Crippen molar-refractivity contribution >= 4 is 0 Å². The zero-order chi connectivity index (χ0) is 23.1. The van der Waals surface area contributed by atoms with E-state index in [2.05, 4.69) is 46.6 Å². The molecule has 3 aromatic carbocycles. The monoisotopic (exact) mass is 448 g/mol. The summed E-state index contributed by atoms with van der Waals surface area (Å²) in [5.41, 5.74) is 14.8. The van der Waals surface area contributed by atoms with Crippen molar-refractivity contribution < 1.29 is 9.47 Å². The molecular weight excluding hydrogens is 412 g/mol. The van der Waals surface area contributed by atoms with Crippen LogP contribution in [0.15, 0.2) is 78.9 Å². The Balaban J connectivity index is 1.60. The summed E-state index contributed by atoms with van der Waals surface area (Å²) in [6.45, 7) is 6.55. The molecule has 0 saturated heterocycles. The number of nitrogens with zero attached hydrogens (tertiary/aromatic N) is 1. The third-order valence-electron chi connectivity index (χ3n) is 5.31. The predicted molar refractivity (Wildman–Crippen MR) is 134 cm³/mol. The minimum atomic E-state index is 0.493. The van der Waals surface area contributed by atoms with Gasteiger partial charge in [0.1, 0.15) is 13.2 Å². The van der Waals surface area contributed by atoms with Gasteiger partial charge in [-0.2, -0.15) is 0 Å². The molecule has 3 rings (SSSR count). The first-order chi connectivity index (χ1) is 16.3. The molecule has 176 valence electrons. The Morgan fingerprint density at radius 1 is 0.636 bits per heavy atom. The fourth-order valence-corrected chi connectivity index (χ4v) is 3.54. The van der Waals surface area contributed by atoms with Gasteiger partial charge in [0.25, 0.3) is 0 Å². The minimum Gasteiger partial charge on any atom is -0.485 e. The van der Waals surface area contributed by atoms with Gasteiger partial charge >= 0.3 is 0 Å². The standard InChI is InChI=1S/C27H36N4O2/c28-13-16-31(17-14-29)18-15-30-20-25-11-12-26(32-21-23-7-3-1-4-8-23)27(19-25)33-22-24-9-5-2-6-10-24/h1-12,19,30H,13-18,20-22,28-29H2. The Morgan fingerprint density at radius 2 is 1.21 bits per heavy atom. The topological polar surface area (TPSA) is 85.8 Å². The first-order valence-corrected chi connectivity index (χ1v) is 11.6. The first kappa shape index (κ1) is 24.7. The van der Waals surface area contributed by atoms with E-state index in [-0.39, 0.29) is 0 Å². The maximum absolute atomic E-state index is 6.17. The molecule has 0 atom stereocenters. The zero-order valence-corrected chi connectivity index (χ0v) is 19.3. The Morgan fingerprint density at radius 3 is 1.79 bits per heavy atom. The van der Waals surface area contributed by atoms with Gasteiger partial charge in [0.15, 0.2) is 11.5 Å². The van der Waals surface area contributed by atoms with Crippen molar-refractivity contribution in [3.63, 3.8) is 0 Å². The van der Waals surface area contributed by atoms with Crippen molar-refractivity contribution in [3.8, 4) is 11.5 Å². The summed E-state index contributed by atoms with van der Waals surface area (Å²) in [5.74, 6) is 1.50. The van der Waals surface area contributed by atoms with Gasteiger partial charge in [0.05, 0.1) is 0 Å². The van der Waals surface area contributed by atoms with Crippen LogP contribution in [0.2, 0.25) is 0 Å². The summed E-state index contributed by atoms with van der Waals surface area (Å²) < 4.78 is 12.3. The molecule has 0 bridgehead atoms. The van der Waals surface area contributed by atoms with E-state index < -0.39 is 0 Å². The summed E-state index contributed by atoms with van der Waals surface area (Å²) in [6, 6.07) is 26.5. The van der Waals surface area contributed by atoms with E-state index in [4.69, 9.17) is 20.9 Å². The molecule has 0 unspecified atom stereocenters. The second kappa shape index (κ2) is 14.3. The molecule has 0 aliphatic carbocycles. The van der Waals surface area contributed by atoms with Crippen LogP contribution in [-0.4, -0.2) is 44.2 Å². The van der Waals surface area contributed by atoms with E-state index in [0.29, 0.717) is 26.3 Å². The average molecular weight is 449 g/mol. The van der Waals surface area contributed by atoms with Crippen molar-refractivity contribution in [2.75, 3.05) is 39.3 Å². The molecule has 0 spiro atoms. The summed E-state index contributed by atoms with van der Waals surface area (Å²) in [6.07, 6.45) is 0. The van der Waals surface area contributed by atoms with Gasteiger partial charge in [-0.05, 0) is 28.8 Å². The minimum absolute atomic E-state index is 0.493. The number of rotatable bonds is 15. The number of hydrogen-bond donors (Lipinski definition) is 3. The lowest BCUT2D eigenvalue weighted by atomic mass is 10.2. The van der Waals surface area contributed by atoms with E-state index in [1.165, 1.54) is 0 Å². The molecule has 0 fully saturated rings. The van der Waals surface area contributed by atoms with E-state index in [1.54, 1.807) is 0 Å². The molecule has 5 N–H and O–H groups in total. The number of ether oxygens (including phenoxy) is 2. The number of nitrogens with two attached hydrogens (primary N) is 2. The van der Waals surface area contributed by atoms with Gasteiger partial charge in [-0.15, -0.1) is 0 Å². The van der Waals surface area contributed by atoms with Gasteiger partial charge < -0.3 is 26.3 Å². The highest BCUT2D eigenvalue weighted by molar-refractivity contribution is 5.43. The highest BCUT2D eigenvalue weighted by Gasteiger charge is 2.09. The molecule has 6 heteroatoms. The molecule has 0 amide bonds. The van der Waals surface area contributed by atoms with E-state index in [9.17, 15) is 0 Å². The fraction of sp³-hybridized carbons (Fsp3) is 0.333. The molecular formula is C27H36N4O2. The number of hydrogen-bond acceptors (Lipinski definition) is 6. The lowest BCUT2D eigenvalue weighted by molar-refractivity contribution is 0.255. The smallest absolute Gasteiger partial charge is 0.162 e. The molecule has 33 heavy (non-hydrogen) atoms. The second-order valence-electron chi connectivity index (χ2n) is 7.93. The van der Waals surface area contributed by atoms with E-state index in [1.807, 2.05) is 42.5 Å². The molecule has 6 nitrogen and oxygen atoms in total. The van der Waals surface area contributed by atoms with Gasteiger partial charge in [-0.3, -0.25) is 4.90 Å². The highest BCUT2D eigenvalue weighted by atomic mass is 16.5. The maximum Gasteiger partial charge on any atom is 0.162 e. The van der Waals surface area contributed by atoms with Crippen molar-refractivity contribution in [2.24, 2.45) is 11.5 Å². The van der Waals surface area contributed by atoms with Crippen LogP contribution in [0.25, 0.3) is 0 Å². The molecule has 0 heterocycles. The van der Waals surface area contributed by atoms with Gasteiger partial charge in [0, 0.05) is 45.8 Å². The van der Waals surface area contributed by atoms with Crippen LogP contribution >= 0.6 is 0 Å². The largest absolute Gasteiger partial charge is 0.485 e. The van der Waals surface area contributed by atoms with Crippen LogP contribution < -0.4 is 26.3 Å². The average Bonchev–Trinajstić information content (AvgIpc) is 2.86. The third-order valence-corrected chi connectivity index (χ3v) is 5.31. The van der Waals surface area contributed by atoms with E-state index >= 15 is 0 Å². The zero-order valence-electron chi connectivity index (χ0n) is 19.3. The fourth-order valence-electron chi connectivity index (χ4n) is 3.54. The Kier molecular flexibility index (Phi) is 10.7. The molecule has 0 radical (unpaired) electrons. The maximum atomic E-state index is 6.17. The summed E-state index contributed by atoms with van der Waals surface area (Å²) in [7, 11) is 0. The molecule has 0 aromatic heterocycles. The van der Waals surface area contributed by atoms with Gasteiger partial charge in [0.2, 0.25) is 0 Å².